The molecule has 1 heterocycles. The highest BCUT2D eigenvalue weighted by molar-refractivity contribution is 5.96. The fraction of sp³-hybridized carbons (Fsp3) is 0.333. The van der Waals surface area contributed by atoms with Crippen molar-refractivity contribution >= 4 is 5.91 Å². The Labute approximate surface area is 180 Å². The van der Waals surface area contributed by atoms with Crippen LogP contribution in [-0.2, 0) is 12.8 Å². The molecule has 1 aromatic heterocycles. The molecule has 0 saturated heterocycles. The number of carbonyl (C=O) groups is 1. The first-order valence-electron chi connectivity index (χ1n) is 11.1. The Kier molecular flexibility index (Phi) is 8.20. The van der Waals surface area contributed by atoms with E-state index in [1.165, 1.54) is 22.3 Å². The monoisotopic (exact) mass is 400 g/mol. The van der Waals surface area contributed by atoms with Gasteiger partial charge in [-0.2, -0.15) is 0 Å². The van der Waals surface area contributed by atoms with Crippen LogP contribution in [0.25, 0.3) is 11.1 Å². The molecule has 3 heteroatoms. The minimum atomic E-state index is 0.00287. The third-order valence-electron chi connectivity index (χ3n) is 5.46. The summed E-state index contributed by atoms with van der Waals surface area (Å²) < 4.78 is 0. The van der Waals surface area contributed by atoms with Crippen LogP contribution < -0.4 is 5.32 Å². The molecular formula is C27H32N2O. The van der Waals surface area contributed by atoms with E-state index in [-0.39, 0.29) is 11.9 Å². The zero-order valence-corrected chi connectivity index (χ0v) is 18.1. The van der Waals surface area contributed by atoms with Crippen molar-refractivity contribution in [2.75, 3.05) is 0 Å². The summed E-state index contributed by atoms with van der Waals surface area (Å²) in [6, 6.07) is 20.7. The van der Waals surface area contributed by atoms with E-state index < -0.39 is 0 Å². The number of benzene rings is 2. The molecule has 30 heavy (non-hydrogen) atoms. The number of hydrogen-bond acceptors (Lipinski definition) is 2. The number of pyridine rings is 1. The lowest BCUT2D eigenvalue weighted by atomic mass is 9.94. The highest BCUT2D eigenvalue weighted by atomic mass is 16.1. The minimum absolute atomic E-state index is 0.00287. The number of hydrogen-bond donors (Lipinski definition) is 1. The number of unbranched alkanes of at least 4 members (excludes halogenated alkanes) is 1. The maximum Gasteiger partial charge on any atom is 0.251 e. The summed E-state index contributed by atoms with van der Waals surface area (Å²) in [7, 11) is 0. The summed E-state index contributed by atoms with van der Waals surface area (Å²) in [6.45, 7) is 4.29. The third-order valence-corrected chi connectivity index (χ3v) is 5.46. The van der Waals surface area contributed by atoms with Gasteiger partial charge in [0, 0.05) is 24.0 Å². The average Bonchev–Trinajstić information content (AvgIpc) is 2.79. The van der Waals surface area contributed by atoms with E-state index in [4.69, 9.17) is 0 Å². The average molecular weight is 401 g/mol. The lowest BCUT2D eigenvalue weighted by Gasteiger charge is -2.16. The maximum absolute atomic E-state index is 12.9. The molecule has 1 atom stereocenters. The predicted molar refractivity (Wildman–Crippen MR) is 125 cm³/mol. The second kappa shape index (κ2) is 11.3. The van der Waals surface area contributed by atoms with Crippen LogP contribution >= 0.6 is 0 Å². The SMILES string of the molecule is CCCCc1ccc(C(=O)N[C@H](C)CCCc2cccnc2)cc1-c1ccccc1. The predicted octanol–water partition coefficient (Wildman–Crippen LogP) is 6.23. The molecule has 0 saturated carbocycles. The zero-order valence-electron chi connectivity index (χ0n) is 18.1. The van der Waals surface area contributed by atoms with Crippen LogP contribution in [-0.4, -0.2) is 16.9 Å². The van der Waals surface area contributed by atoms with Crippen molar-refractivity contribution in [3.05, 3.63) is 89.7 Å². The van der Waals surface area contributed by atoms with E-state index in [0.717, 1.165) is 44.1 Å². The minimum Gasteiger partial charge on any atom is -0.350 e. The van der Waals surface area contributed by atoms with Crippen LogP contribution in [0.2, 0.25) is 0 Å². The third kappa shape index (κ3) is 6.28. The van der Waals surface area contributed by atoms with Crippen molar-refractivity contribution in [3.8, 4) is 11.1 Å². The standard InChI is InChI=1S/C27H32N2O/c1-3-4-13-24-16-17-25(19-26(24)23-14-6-5-7-15-23)27(30)29-21(2)10-8-11-22-12-9-18-28-20-22/h5-7,9,12,14-21H,3-4,8,10-11,13H2,1-2H3,(H,29,30)/t21-/m1/s1. The Morgan fingerprint density at radius 3 is 2.57 bits per heavy atom. The lowest BCUT2D eigenvalue weighted by molar-refractivity contribution is 0.0938. The molecule has 0 radical (unpaired) electrons. The molecule has 3 nitrogen and oxygen atoms in total. The van der Waals surface area contributed by atoms with Crippen molar-refractivity contribution in [2.45, 2.75) is 58.4 Å². The van der Waals surface area contributed by atoms with Gasteiger partial charge in [-0.05, 0) is 79.5 Å². The number of rotatable bonds is 10. The first-order chi connectivity index (χ1) is 14.7. The summed E-state index contributed by atoms with van der Waals surface area (Å²) in [4.78, 5) is 17.0. The molecule has 0 aliphatic heterocycles. The molecule has 1 N–H and O–H groups in total. The molecule has 0 aliphatic carbocycles. The topological polar surface area (TPSA) is 42.0 Å². The van der Waals surface area contributed by atoms with Crippen LogP contribution in [0.5, 0.6) is 0 Å². The van der Waals surface area contributed by atoms with Crippen molar-refractivity contribution in [1.82, 2.24) is 10.3 Å². The normalized spacial score (nSPS) is 11.8. The fourth-order valence-electron chi connectivity index (χ4n) is 3.73. The van der Waals surface area contributed by atoms with Crippen LogP contribution in [0.1, 0.15) is 61.0 Å². The summed E-state index contributed by atoms with van der Waals surface area (Å²) in [5.41, 5.74) is 5.62. The quantitative estimate of drug-likeness (QED) is 0.438. The highest BCUT2D eigenvalue weighted by Crippen LogP contribution is 2.26. The molecule has 0 spiro atoms. The molecule has 2 aromatic carbocycles. The number of nitrogens with one attached hydrogen (secondary N) is 1. The van der Waals surface area contributed by atoms with E-state index in [1.54, 1.807) is 6.20 Å². The Morgan fingerprint density at radius 2 is 1.83 bits per heavy atom. The van der Waals surface area contributed by atoms with Crippen LogP contribution in [0.3, 0.4) is 0 Å². The molecule has 1 amide bonds. The second-order valence-corrected chi connectivity index (χ2v) is 7.97. The van der Waals surface area contributed by atoms with Crippen LogP contribution in [0.4, 0.5) is 0 Å². The second-order valence-electron chi connectivity index (χ2n) is 7.97. The van der Waals surface area contributed by atoms with E-state index >= 15 is 0 Å². The van der Waals surface area contributed by atoms with Gasteiger partial charge in [0.1, 0.15) is 0 Å². The first kappa shape index (κ1) is 21.8. The van der Waals surface area contributed by atoms with Gasteiger partial charge in [0.05, 0.1) is 0 Å². The largest absolute Gasteiger partial charge is 0.350 e. The number of nitrogens with zero attached hydrogens (tertiary/aromatic N) is 1. The van der Waals surface area contributed by atoms with E-state index in [9.17, 15) is 4.79 Å². The van der Waals surface area contributed by atoms with Crippen LogP contribution in [0.15, 0.2) is 73.1 Å². The Hall–Kier alpha value is -2.94. The van der Waals surface area contributed by atoms with Gasteiger partial charge in [-0.1, -0.05) is 55.8 Å². The Balaban J connectivity index is 1.64. The van der Waals surface area contributed by atoms with Gasteiger partial charge in [-0.15, -0.1) is 0 Å². The molecule has 3 rings (SSSR count). The number of aryl methyl sites for hydroxylation is 2. The number of amides is 1. The molecule has 0 bridgehead atoms. The first-order valence-corrected chi connectivity index (χ1v) is 11.1. The molecule has 0 unspecified atom stereocenters. The Morgan fingerprint density at radius 1 is 1.00 bits per heavy atom. The summed E-state index contributed by atoms with van der Waals surface area (Å²) in [6.07, 6.45) is 10.0. The van der Waals surface area contributed by atoms with Gasteiger partial charge in [0.25, 0.3) is 5.91 Å². The van der Waals surface area contributed by atoms with Crippen LogP contribution in [0, 0.1) is 0 Å². The van der Waals surface area contributed by atoms with Gasteiger partial charge in [-0.3, -0.25) is 9.78 Å². The van der Waals surface area contributed by atoms with E-state index in [0.29, 0.717) is 0 Å². The Bertz CT molecular complexity index is 922. The van der Waals surface area contributed by atoms with Crippen molar-refractivity contribution in [2.24, 2.45) is 0 Å². The van der Waals surface area contributed by atoms with Crippen molar-refractivity contribution in [3.63, 3.8) is 0 Å². The van der Waals surface area contributed by atoms with Gasteiger partial charge >= 0.3 is 0 Å². The van der Waals surface area contributed by atoms with Gasteiger partial charge in [-0.25, -0.2) is 0 Å². The molecule has 156 valence electrons. The fourth-order valence-corrected chi connectivity index (χ4v) is 3.73. The molecule has 0 fully saturated rings. The van der Waals surface area contributed by atoms with Crippen molar-refractivity contribution in [1.29, 1.82) is 0 Å². The smallest absolute Gasteiger partial charge is 0.251 e. The molecular weight excluding hydrogens is 368 g/mol. The summed E-state index contributed by atoms with van der Waals surface area (Å²) in [5, 5.41) is 3.17. The summed E-state index contributed by atoms with van der Waals surface area (Å²) in [5.74, 6) is 0.00287. The van der Waals surface area contributed by atoms with Gasteiger partial charge in [0.2, 0.25) is 0 Å². The van der Waals surface area contributed by atoms with E-state index in [1.807, 2.05) is 24.4 Å². The molecule has 0 aliphatic rings. The number of aromatic nitrogens is 1. The van der Waals surface area contributed by atoms with E-state index in [2.05, 4.69) is 66.6 Å². The summed E-state index contributed by atoms with van der Waals surface area (Å²) >= 11 is 0. The van der Waals surface area contributed by atoms with Gasteiger partial charge < -0.3 is 5.32 Å². The van der Waals surface area contributed by atoms with Gasteiger partial charge in [0.15, 0.2) is 0 Å². The zero-order chi connectivity index (χ0) is 21.2. The highest BCUT2D eigenvalue weighted by Gasteiger charge is 2.13. The molecule has 3 aromatic rings. The van der Waals surface area contributed by atoms with Crippen molar-refractivity contribution < 1.29 is 4.79 Å². The number of carbonyl (C=O) groups excluding carboxylic acids is 1. The maximum atomic E-state index is 12.9. The lowest BCUT2D eigenvalue weighted by Crippen LogP contribution is -2.32.